The molecule has 1 aromatic carbocycles. The maximum absolute atomic E-state index is 12.6. The van der Waals surface area contributed by atoms with Crippen LogP contribution < -0.4 is 4.74 Å². The molecule has 0 bridgehead atoms. The van der Waals surface area contributed by atoms with Crippen molar-refractivity contribution in [2.75, 3.05) is 25.7 Å². The van der Waals surface area contributed by atoms with Crippen LogP contribution in [-0.4, -0.2) is 50.9 Å². The second-order valence-corrected chi connectivity index (χ2v) is 7.91. The molecule has 21 heavy (non-hydrogen) atoms. The van der Waals surface area contributed by atoms with Gasteiger partial charge in [0.1, 0.15) is 5.75 Å². The fraction of sp³-hybridized carbons (Fsp3) is 0.500. The maximum atomic E-state index is 12.6. The van der Waals surface area contributed by atoms with Gasteiger partial charge in [0.25, 0.3) is 5.91 Å². The number of amides is 1. The van der Waals surface area contributed by atoms with E-state index in [1.165, 1.54) is 12.0 Å². The van der Waals surface area contributed by atoms with E-state index < -0.39 is 9.84 Å². The van der Waals surface area contributed by atoms with Gasteiger partial charge in [0.05, 0.1) is 24.2 Å². The van der Waals surface area contributed by atoms with Gasteiger partial charge in [-0.2, -0.15) is 0 Å². The Morgan fingerprint density at radius 2 is 2.10 bits per heavy atom. The first-order chi connectivity index (χ1) is 9.75. The van der Waals surface area contributed by atoms with E-state index in [1.807, 2.05) is 6.92 Å². The van der Waals surface area contributed by atoms with Gasteiger partial charge in [0.2, 0.25) is 0 Å². The minimum Gasteiger partial charge on any atom is -0.496 e. The van der Waals surface area contributed by atoms with Crippen LogP contribution in [-0.2, 0) is 9.84 Å². The predicted octanol–water partition coefficient (Wildman–Crippen LogP) is 1.92. The maximum Gasteiger partial charge on any atom is 0.257 e. The van der Waals surface area contributed by atoms with E-state index in [1.54, 1.807) is 19.2 Å². The molecule has 0 spiro atoms. The fourth-order valence-electron chi connectivity index (χ4n) is 2.43. The first-order valence-electron chi connectivity index (χ1n) is 6.57. The summed E-state index contributed by atoms with van der Waals surface area (Å²) >= 11 is 6.07. The lowest BCUT2D eigenvalue weighted by Gasteiger charge is -2.24. The Balaban J connectivity index is 2.30. The van der Waals surface area contributed by atoms with Crippen LogP contribution in [0.5, 0.6) is 5.75 Å². The Morgan fingerprint density at radius 1 is 1.43 bits per heavy atom. The first-order valence-corrected chi connectivity index (χ1v) is 8.77. The van der Waals surface area contributed by atoms with Crippen LogP contribution in [0.15, 0.2) is 12.1 Å². The van der Waals surface area contributed by atoms with Crippen molar-refractivity contribution < 1.29 is 17.9 Å². The fourth-order valence-corrected chi connectivity index (χ4v) is 4.37. The van der Waals surface area contributed by atoms with E-state index >= 15 is 0 Å². The minimum atomic E-state index is -3.04. The Bertz CT molecular complexity index is 672. The van der Waals surface area contributed by atoms with E-state index in [9.17, 15) is 13.2 Å². The van der Waals surface area contributed by atoms with Crippen LogP contribution in [0, 0.1) is 6.92 Å². The third-order valence-corrected chi connectivity index (χ3v) is 5.95. The summed E-state index contributed by atoms with van der Waals surface area (Å²) in [5.74, 6) is 0.295. The van der Waals surface area contributed by atoms with Gasteiger partial charge in [-0.1, -0.05) is 11.6 Å². The van der Waals surface area contributed by atoms with Gasteiger partial charge >= 0.3 is 0 Å². The topological polar surface area (TPSA) is 63.7 Å². The molecule has 1 fully saturated rings. The van der Waals surface area contributed by atoms with Crippen molar-refractivity contribution in [3.63, 3.8) is 0 Å². The molecular weight excluding hydrogens is 314 g/mol. The molecule has 1 atom stereocenters. The lowest BCUT2D eigenvalue weighted by molar-refractivity contribution is 0.0744. The minimum absolute atomic E-state index is 0.0111. The van der Waals surface area contributed by atoms with Crippen molar-refractivity contribution in [3.05, 3.63) is 28.3 Å². The average Bonchev–Trinajstić information content (AvgIpc) is 2.80. The van der Waals surface area contributed by atoms with Gasteiger partial charge in [0.15, 0.2) is 9.84 Å². The van der Waals surface area contributed by atoms with Gasteiger partial charge in [0, 0.05) is 18.1 Å². The molecule has 1 amide bonds. The molecule has 1 heterocycles. The van der Waals surface area contributed by atoms with E-state index in [4.69, 9.17) is 16.3 Å². The van der Waals surface area contributed by atoms with Gasteiger partial charge in [-0.3, -0.25) is 4.79 Å². The Kier molecular flexibility index (Phi) is 4.49. The molecule has 0 aliphatic carbocycles. The van der Waals surface area contributed by atoms with Crippen molar-refractivity contribution in [2.24, 2.45) is 0 Å². The third kappa shape index (κ3) is 3.32. The third-order valence-electron chi connectivity index (χ3n) is 3.79. The number of hydrogen-bond donors (Lipinski definition) is 0. The lowest BCUT2D eigenvalue weighted by Crippen LogP contribution is -2.38. The molecule has 1 aliphatic heterocycles. The zero-order chi connectivity index (χ0) is 15.8. The highest BCUT2D eigenvalue weighted by atomic mass is 35.5. The highest BCUT2D eigenvalue weighted by Crippen LogP contribution is 2.28. The monoisotopic (exact) mass is 331 g/mol. The molecule has 7 heteroatoms. The lowest BCUT2D eigenvalue weighted by atomic mass is 10.1. The molecular formula is C14H18ClNO4S. The van der Waals surface area contributed by atoms with Crippen LogP contribution in [0.4, 0.5) is 0 Å². The molecule has 1 aromatic rings. The molecule has 0 saturated carbocycles. The number of hydrogen-bond acceptors (Lipinski definition) is 4. The highest BCUT2D eigenvalue weighted by Gasteiger charge is 2.33. The standard InChI is InChI=1S/C14H18ClNO4S/c1-9-6-13(20-3)11(7-12(9)15)14(17)16(2)10-4-5-21(18,19)8-10/h6-7,10H,4-5,8H2,1-3H3. The first kappa shape index (κ1) is 16.1. The van der Waals surface area contributed by atoms with Crippen LogP contribution in [0.1, 0.15) is 22.3 Å². The molecule has 0 radical (unpaired) electrons. The number of rotatable bonds is 3. The van der Waals surface area contributed by atoms with Gasteiger partial charge < -0.3 is 9.64 Å². The van der Waals surface area contributed by atoms with Crippen LogP contribution in [0.2, 0.25) is 5.02 Å². The van der Waals surface area contributed by atoms with E-state index in [-0.39, 0.29) is 23.5 Å². The largest absolute Gasteiger partial charge is 0.496 e. The van der Waals surface area contributed by atoms with E-state index in [0.29, 0.717) is 22.8 Å². The second kappa shape index (κ2) is 5.85. The number of halogens is 1. The van der Waals surface area contributed by atoms with Gasteiger partial charge in [-0.25, -0.2) is 8.42 Å². The van der Waals surface area contributed by atoms with Crippen molar-refractivity contribution in [2.45, 2.75) is 19.4 Å². The number of aryl methyl sites for hydroxylation is 1. The summed E-state index contributed by atoms with van der Waals surface area (Å²) in [4.78, 5) is 14.0. The molecule has 1 aliphatic rings. The van der Waals surface area contributed by atoms with Crippen LogP contribution in [0.3, 0.4) is 0 Å². The van der Waals surface area contributed by atoms with E-state index in [2.05, 4.69) is 0 Å². The highest BCUT2D eigenvalue weighted by molar-refractivity contribution is 7.91. The zero-order valence-electron chi connectivity index (χ0n) is 12.2. The molecule has 0 aromatic heterocycles. The Labute approximate surface area is 129 Å². The Hall–Kier alpha value is -1.27. The molecule has 1 saturated heterocycles. The number of benzene rings is 1. The van der Waals surface area contributed by atoms with Crippen LogP contribution >= 0.6 is 11.6 Å². The summed E-state index contributed by atoms with van der Waals surface area (Å²) in [5.41, 5.74) is 1.16. The molecule has 2 rings (SSSR count). The smallest absolute Gasteiger partial charge is 0.257 e. The van der Waals surface area contributed by atoms with Gasteiger partial charge in [-0.15, -0.1) is 0 Å². The van der Waals surface area contributed by atoms with Crippen molar-refractivity contribution in [1.29, 1.82) is 0 Å². The quantitative estimate of drug-likeness (QED) is 0.848. The SMILES string of the molecule is COc1cc(C)c(Cl)cc1C(=O)N(C)C1CCS(=O)(=O)C1. The number of carbonyl (C=O) groups excluding carboxylic acids is 1. The summed E-state index contributed by atoms with van der Waals surface area (Å²) in [6, 6.07) is 2.97. The number of sulfone groups is 1. The summed E-state index contributed by atoms with van der Waals surface area (Å²) in [6.45, 7) is 1.83. The number of carbonyl (C=O) groups is 1. The second-order valence-electron chi connectivity index (χ2n) is 5.27. The van der Waals surface area contributed by atoms with Gasteiger partial charge in [-0.05, 0) is 31.0 Å². The number of nitrogens with zero attached hydrogens (tertiary/aromatic N) is 1. The van der Waals surface area contributed by atoms with Crippen LogP contribution in [0.25, 0.3) is 0 Å². The summed E-state index contributed by atoms with van der Waals surface area (Å²) in [6.07, 6.45) is 0.465. The Morgan fingerprint density at radius 3 is 2.62 bits per heavy atom. The van der Waals surface area contributed by atoms with Crippen molar-refractivity contribution in [3.8, 4) is 5.75 Å². The zero-order valence-corrected chi connectivity index (χ0v) is 13.8. The van der Waals surface area contributed by atoms with Crippen molar-refractivity contribution in [1.82, 2.24) is 4.90 Å². The summed E-state index contributed by atoms with van der Waals surface area (Å²) in [5, 5.41) is 0.478. The molecule has 5 nitrogen and oxygen atoms in total. The summed E-state index contributed by atoms with van der Waals surface area (Å²) in [7, 11) is 0.0598. The van der Waals surface area contributed by atoms with E-state index in [0.717, 1.165) is 5.56 Å². The molecule has 0 N–H and O–H groups in total. The average molecular weight is 332 g/mol. The van der Waals surface area contributed by atoms with Crippen molar-refractivity contribution >= 4 is 27.3 Å². The summed E-state index contributed by atoms with van der Waals surface area (Å²) < 4.78 is 28.3. The normalized spacial score (nSPS) is 20.3. The number of methoxy groups -OCH3 is 1. The molecule has 116 valence electrons. The molecule has 1 unspecified atom stereocenters. The number of ether oxygens (including phenoxy) is 1. The predicted molar refractivity (Wildman–Crippen MR) is 81.9 cm³/mol.